The molecule has 0 radical (unpaired) electrons. The largest absolute Gasteiger partial charge is 0.461 e. The average molecular weight is 332 g/mol. The Labute approximate surface area is 140 Å². The summed E-state index contributed by atoms with van der Waals surface area (Å²) in [7, 11) is 0. The van der Waals surface area contributed by atoms with E-state index in [2.05, 4.69) is 0 Å². The topological polar surface area (TPSA) is 61.6 Å². The first kappa shape index (κ1) is 15.8. The van der Waals surface area contributed by atoms with Gasteiger partial charge in [0.2, 0.25) is 0 Å². The van der Waals surface area contributed by atoms with Gasteiger partial charge in [0, 0.05) is 0 Å². The van der Waals surface area contributed by atoms with Crippen LogP contribution in [0, 0.1) is 0 Å². The number of nitrogen functional groups attached to an aromatic ring is 1. The van der Waals surface area contributed by atoms with E-state index in [4.69, 9.17) is 26.8 Å². The lowest BCUT2D eigenvalue weighted by Crippen LogP contribution is -2.48. The van der Waals surface area contributed by atoms with Gasteiger partial charge in [0.05, 0.1) is 35.8 Å². The predicted octanol–water partition coefficient (Wildman–Crippen LogP) is 3.32. The van der Waals surface area contributed by atoms with Crippen LogP contribution in [0.5, 0.6) is 0 Å². The molecule has 0 unspecified atom stereocenters. The van der Waals surface area contributed by atoms with E-state index >= 15 is 0 Å². The highest BCUT2D eigenvalue weighted by Crippen LogP contribution is 2.38. The minimum absolute atomic E-state index is 0.245. The zero-order valence-corrected chi connectivity index (χ0v) is 13.4. The van der Waals surface area contributed by atoms with Gasteiger partial charge in [0.1, 0.15) is 6.61 Å². The van der Waals surface area contributed by atoms with Crippen LogP contribution in [0.15, 0.2) is 48.5 Å². The number of carbonyl (C=O) groups excluding carboxylic acids is 1. The molecule has 120 valence electrons. The molecule has 0 spiro atoms. The maximum Gasteiger partial charge on any atom is 0.307 e. The second-order valence-corrected chi connectivity index (χ2v) is 6.24. The molecule has 2 aromatic rings. The predicted molar refractivity (Wildman–Crippen MR) is 89.2 cm³/mol. The van der Waals surface area contributed by atoms with E-state index in [1.54, 1.807) is 6.07 Å². The van der Waals surface area contributed by atoms with Crippen molar-refractivity contribution < 1.29 is 14.3 Å². The molecule has 0 aliphatic carbocycles. The fraction of sp³-hybridized carbons (Fsp3) is 0.278. The number of hydrogen-bond donors (Lipinski definition) is 1. The molecule has 1 aliphatic rings. The molecule has 1 heterocycles. The first-order valence-corrected chi connectivity index (χ1v) is 7.80. The summed E-state index contributed by atoms with van der Waals surface area (Å²) in [5, 5.41) is 0.510. The molecule has 1 saturated heterocycles. The Hall–Kier alpha value is -2.04. The minimum Gasteiger partial charge on any atom is -0.461 e. The van der Waals surface area contributed by atoms with Gasteiger partial charge in [-0.25, -0.2) is 0 Å². The minimum atomic E-state index is -0.369. The Kier molecular flexibility index (Phi) is 4.55. The molecule has 3 rings (SSSR count). The lowest BCUT2D eigenvalue weighted by molar-refractivity contribution is -0.153. The van der Waals surface area contributed by atoms with Crippen molar-refractivity contribution >= 4 is 23.3 Å². The average Bonchev–Trinajstić information content (AvgIpc) is 2.53. The van der Waals surface area contributed by atoms with Crippen LogP contribution in [-0.4, -0.2) is 19.2 Å². The normalized spacial score (nSPS) is 15.7. The van der Waals surface area contributed by atoms with Gasteiger partial charge in [-0.1, -0.05) is 48.0 Å². The highest BCUT2D eigenvalue weighted by Gasteiger charge is 2.43. The maximum absolute atomic E-state index is 12.2. The van der Waals surface area contributed by atoms with Gasteiger partial charge >= 0.3 is 5.97 Å². The number of halogens is 1. The standard InChI is InChI=1S/C18H18ClNO3/c19-15-7-6-14(8-16(15)20)18(11-22-12-18)9-17(21)23-10-13-4-2-1-3-5-13/h1-8H,9-12,20H2. The molecule has 23 heavy (non-hydrogen) atoms. The van der Waals surface area contributed by atoms with Crippen molar-refractivity contribution in [2.24, 2.45) is 0 Å². The van der Waals surface area contributed by atoms with Gasteiger partial charge in [-0.15, -0.1) is 0 Å². The van der Waals surface area contributed by atoms with Gasteiger partial charge in [0.25, 0.3) is 0 Å². The molecule has 2 aromatic carbocycles. The highest BCUT2D eigenvalue weighted by atomic mass is 35.5. The molecule has 0 bridgehead atoms. The fourth-order valence-electron chi connectivity index (χ4n) is 2.66. The summed E-state index contributed by atoms with van der Waals surface area (Å²) in [4.78, 5) is 12.2. The smallest absolute Gasteiger partial charge is 0.307 e. The quantitative estimate of drug-likeness (QED) is 0.674. The second kappa shape index (κ2) is 6.60. The number of benzene rings is 2. The van der Waals surface area contributed by atoms with Crippen molar-refractivity contribution in [1.82, 2.24) is 0 Å². The van der Waals surface area contributed by atoms with E-state index in [-0.39, 0.29) is 24.4 Å². The van der Waals surface area contributed by atoms with Crippen LogP contribution in [0.25, 0.3) is 0 Å². The van der Waals surface area contributed by atoms with E-state index in [1.807, 2.05) is 42.5 Å². The number of carbonyl (C=O) groups is 1. The number of rotatable bonds is 5. The van der Waals surface area contributed by atoms with Crippen LogP contribution < -0.4 is 5.73 Å². The molecule has 0 saturated carbocycles. The van der Waals surface area contributed by atoms with E-state index in [1.165, 1.54) is 0 Å². The zero-order chi connectivity index (χ0) is 16.3. The lowest BCUT2D eigenvalue weighted by Gasteiger charge is -2.41. The van der Waals surface area contributed by atoms with Gasteiger partial charge in [0.15, 0.2) is 0 Å². The summed E-state index contributed by atoms with van der Waals surface area (Å²) in [6, 6.07) is 15.1. The van der Waals surface area contributed by atoms with Crippen LogP contribution in [0.1, 0.15) is 17.5 Å². The van der Waals surface area contributed by atoms with E-state index in [9.17, 15) is 4.79 Å². The molecule has 0 amide bonds. The van der Waals surface area contributed by atoms with Crippen LogP contribution in [0.4, 0.5) is 5.69 Å². The van der Waals surface area contributed by atoms with Crippen LogP contribution in [0.2, 0.25) is 5.02 Å². The number of nitrogens with two attached hydrogens (primary N) is 1. The Balaban J connectivity index is 1.66. The van der Waals surface area contributed by atoms with E-state index in [0.29, 0.717) is 23.9 Å². The highest BCUT2D eigenvalue weighted by molar-refractivity contribution is 6.33. The molecular weight excluding hydrogens is 314 g/mol. The number of ether oxygens (including phenoxy) is 2. The lowest BCUT2D eigenvalue weighted by atomic mass is 9.76. The molecule has 1 fully saturated rings. The first-order chi connectivity index (χ1) is 11.1. The summed E-state index contributed by atoms with van der Waals surface area (Å²) in [6.07, 6.45) is 0.265. The number of esters is 1. The second-order valence-electron chi connectivity index (χ2n) is 5.83. The van der Waals surface area contributed by atoms with Crippen LogP contribution >= 0.6 is 11.6 Å². The molecular formula is C18H18ClNO3. The van der Waals surface area contributed by atoms with Crippen molar-refractivity contribution in [2.45, 2.75) is 18.4 Å². The summed E-state index contributed by atoms with van der Waals surface area (Å²) in [5.41, 5.74) is 7.94. The Morgan fingerprint density at radius 2 is 1.96 bits per heavy atom. The Morgan fingerprint density at radius 3 is 2.57 bits per heavy atom. The van der Waals surface area contributed by atoms with Gasteiger partial charge in [-0.2, -0.15) is 0 Å². The van der Waals surface area contributed by atoms with Gasteiger partial charge in [-0.05, 0) is 23.3 Å². The molecule has 1 aliphatic heterocycles. The van der Waals surface area contributed by atoms with Crippen LogP contribution in [-0.2, 0) is 26.3 Å². The molecule has 0 atom stereocenters. The van der Waals surface area contributed by atoms with Crippen molar-refractivity contribution in [3.05, 3.63) is 64.7 Å². The SMILES string of the molecule is Nc1cc(C2(CC(=O)OCc3ccccc3)COC2)ccc1Cl. The van der Waals surface area contributed by atoms with Crippen molar-refractivity contribution in [3.63, 3.8) is 0 Å². The molecule has 0 aromatic heterocycles. The molecule has 5 heteroatoms. The summed E-state index contributed by atoms with van der Waals surface area (Å²) in [6.45, 7) is 1.24. The summed E-state index contributed by atoms with van der Waals surface area (Å²) in [5.74, 6) is -0.245. The van der Waals surface area contributed by atoms with Crippen molar-refractivity contribution in [2.75, 3.05) is 18.9 Å². The summed E-state index contributed by atoms with van der Waals surface area (Å²) < 4.78 is 10.7. The monoisotopic (exact) mass is 331 g/mol. The third-order valence-electron chi connectivity index (χ3n) is 4.09. The third-order valence-corrected chi connectivity index (χ3v) is 4.43. The van der Waals surface area contributed by atoms with Crippen LogP contribution in [0.3, 0.4) is 0 Å². The van der Waals surface area contributed by atoms with Gasteiger partial charge < -0.3 is 15.2 Å². The van der Waals surface area contributed by atoms with Crippen molar-refractivity contribution in [1.29, 1.82) is 0 Å². The number of anilines is 1. The Bertz CT molecular complexity index is 699. The van der Waals surface area contributed by atoms with E-state index in [0.717, 1.165) is 11.1 Å². The third kappa shape index (κ3) is 3.49. The fourth-order valence-corrected chi connectivity index (χ4v) is 2.78. The summed E-state index contributed by atoms with van der Waals surface area (Å²) >= 11 is 5.97. The molecule has 4 nitrogen and oxygen atoms in total. The maximum atomic E-state index is 12.2. The van der Waals surface area contributed by atoms with E-state index < -0.39 is 0 Å². The molecule has 2 N–H and O–H groups in total. The van der Waals surface area contributed by atoms with Gasteiger partial charge in [-0.3, -0.25) is 4.79 Å². The first-order valence-electron chi connectivity index (χ1n) is 7.42. The van der Waals surface area contributed by atoms with Crippen molar-refractivity contribution in [3.8, 4) is 0 Å². The zero-order valence-electron chi connectivity index (χ0n) is 12.6. The Morgan fingerprint density at radius 1 is 1.22 bits per heavy atom. The number of hydrogen-bond acceptors (Lipinski definition) is 4.